The summed E-state index contributed by atoms with van der Waals surface area (Å²) in [5.41, 5.74) is 0.558. The molecule has 2 aromatic rings. The van der Waals surface area contributed by atoms with Crippen LogP contribution in [0.25, 0.3) is 0 Å². The molecule has 0 aliphatic carbocycles. The molecule has 2 saturated heterocycles. The molecule has 2 aliphatic heterocycles. The molecule has 2 fully saturated rings. The molecule has 2 aromatic carbocycles. The number of likely N-dealkylation sites (tertiary alicyclic amines) is 1. The molecule has 0 amide bonds. The second kappa shape index (κ2) is 6.44. The van der Waals surface area contributed by atoms with Crippen LogP contribution in [0.3, 0.4) is 0 Å². The number of halogens is 2. The van der Waals surface area contributed by atoms with E-state index < -0.39 is 11.6 Å². The maximum absolute atomic E-state index is 14.0. The van der Waals surface area contributed by atoms with Crippen LogP contribution >= 0.6 is 0 Å². The number of aromatic hydroxyl groups is 1. The van der Waals surface area contributed by atoms with Gasteiger partial charge in [0.25, 0.3) is 0 Å². The molecule has 6 heteroatoms. The Morgan fingerprint density at radius 1 is 1.12 bits per heavy atom. The van der Waals surface area contributed by atoms with Gasteiger partial charge in [0.15, 0.2) is 5.78 Å². The molecule has 0 unspecified atom stereocenters. The molecule has 0 spiro atoms. The van der Waals surface area contributed by atoms with Crippen molar-refractivity contribution in [1.82, 2.24) is 4.90 Å². The minimum atomic E-state index is -0.569. The Labute approximate surface area is 150 Å². The third kappa shape index (κ3) is 2.92. The van der Waals surface area contributed by atoms with Crippen molar-refractivity contribution in [3.8, 4) is 5.75 Å². The normalized spacial score (nSPS) is 21.8. The molecule has 2 bridgehead atoms. The molecule has 0 radical (unpaired) electrons. The SMILES string of the molecule is O=C(/C=C/N1C[C@H]2C[C@@H]1CN2c1ccccc1F)c1cc(F)ccc1O. The van der Waals surface area contributed by atoms with Crippen LogP contribution in [0, 0.1) is 11.6 Å². The zero-order valence-electron chi connectivity index (χ0n) is 14.0. The first kappa shape index (κ1) is 16.6. The topological polar surface area (TPSA) is 43.8 Å². The number of hydrogen-bond donors (Lipinski definition) is 1. The summed E-state index contributed by atoms with van der Waals surface area (Å²) in [4.78, 5) is 16.3. The van der Waals surface area contributed by atoms with E-state index in [1.165, 1.54) is 18.2 Å². The van der Waals surface area contributed by atoms with Gasteiger partial charge in [0.05, 0.1) is 11.3 Å². The Morgan fingerprint density at radius 3 is 2.65 bits per heavy atom. The number of benzene rings is 2. The average Bonchev–Trinajstić information content (AvgIpc) is 3.22. The Bertz CT molecular complexity index is 884. The van der Waals surface area contributed by atoms with Gasteiger partial charge in [-0.15, -0.1) is 0 Å². The van der Waals surface area contributed by atoms with Crippen molar-refractivity contribution in [1.29, 1.82) is 0 Å². The van der Waals surface area contributed by atoms with Crippen LogP contribution in [0.15, 0.2) is 54.7 Å². The van der Waals surface area contributed by atoms with E-state index in [0.717, 1.165) is 18.6 Å². The van der Waals surface area contributed by atoms with Crippen molar-refractivity contribution in [3.63, 3.8) is 0 Å². The van der Waals surface area contributed by atoms with Crippen molar-refractivity contribution in [2.45, 2.75) is 18.5 Å². The van der Waals surface area contributed by atoms with E-state index in [1.807, 2.05) is 6.07 Å². The van der Waals surface area contributed by atoms with E-state index in [1.54, 1.807) is 18.3 Å². The van der Waals surface area contributed by atoms with E-state index >= 15 is 0 Å². The average molecular weight is 356 g/mol. The van der Waals surface area contributed by atoms with Crippen molar-refractivity contribution < 1.29 is 18.7 Å². The zero-order valence-corrected chi connectivity index (χ0v) is 14.0. The molecule has 4 rings (SSSR count). The minimum Gasteiger partial charge on any atom is -0.507 e. The molecule has 2 heterocycles. The minimum absolute atomic E-state index is 0.0569. The fourth-order valence-electron chi connectivity index (χ4n) is 3.82. The lowest BCUT2D eigenvalue weighted by atomic mass is 10.1. The number of ketones is 1. The highest BCUT2D eigenvalue weighted by Gasteiger charge is 2.42. The lowest BCUT2D eigenvalue weighted by Gasteiger charge is -2.35. The predicted molar refractivity (Wildman–Crippen MR) is 94.2 cm³/mol. The van der Waals surface area contributed by atoms with Gasteiger partial charge in [0.1, 0.15) is 17.4 Å². The van der Waals surface area contributed by atoms with Gasteiger partial charge in [-0.2, -0.15) is 0 Å². The Kier molecular flexibility index (Phi) is 4.11. The predicted octanol–water partition coefficient (Wildman–Crippen LogP) is 3.33. The molecule has 0 saturated carbocycles. The van der Waals surface area contributed by atoms with Crippen LogP contribution in [-0.2, 0) is 0 Å². The second-order valence-electron chi connectivity index (χ2n) is 6.69. The highest BCUT2D eigenvalue weighted by molar-refractivity contribution is 6.06. The van der Waals surface area contributed by atoms with Gasteiger partial charge in [-0.05, 0) is 36.8 Å². The number of para-hydroxylation sites is 1. The highest BCUT2D eigenvalue weighted by atomic mass is 19.1. The standard InChI is InChI=1S/C20H18F2N2O2/c21-13-5-6-19(25)16(9-13)20(26)7-8-23-11-15-10-14(23)12-24(15)18-4-2-1-3-17(18)22/h1-9,14-15,25H,10-12H2/b8-7+/t14-,15-/m1/s1. The number of piperazine rings is 1. The van der Waals surface area contributed by atoms with E-state index in [-0.39, 0.29) is 29.2 Å². The molecule has 2 aliphatic rings. The van der Waals surface area contributed by atoms with Crippen LogP contribution in [0.4, 0.5) is 14.5 Å². The number of nitrogens with zero attached hydrogens (tertiary/aromatic N) is 2. The second-order valence-corrected chi connectivity index (χ2v) is 6.69. The summed E-state index contributed by atoms with van der Waals surface area (Å²) in [6.45, 7) is 1.38. The Morgan fingerprint density at radius 2 is 1.92 bits per heavy atom. The number of rotatable bonds is 4. The van der Waals surface area contributed by atoms with Crippen LogP contribution in [-0.4, -0.2) is 41.0 Å². The van der Waals surface area contributed by atoms with Gasteiger partial charge in [-0.3, -0.25) is 4.79 Å². The van der Waals surface area contributed by atoms with Crippen molar-refractivity contribution in [2.24, 2.45) is 0 Å². The number of carbonyl (C=O) groups is 1. The van der Waals surface area contributed by atoms with Crippen LogP contribution in [0.1, 0.15) is 16.8 Å². The molecule has 2 atom stereocenters. The number of hydrogen-bond acceptors (Lipinski definition) is 4. The zero-order chi connectivity index (χ0) is 18.3. The smallest absolute Gasteiger partial charge is 0.191 e. The summed E-state index contributed by atoms with van der Waals surface area (Å²) in [6, 6.07) is 10.4. The summed E-state index contributed by atoms with van der Waals surface area (Å²) < 4.78 is 27.3. The number of allylic oxidation sites excluding steroid dienone is 1. The lowest BCUT2D eigenvalue weighted by molar-refractivity contribution is 0.104. The van der Waals surface area contributed by atoms with E-state index in [9.17, 15) is 18.7 Å². The maximum atomic E-state index is 14.0. The monoisotopic (exact) mass is 356 g/mol. The molecular weight excluding hydrogens is 338 g/mol. The Balaban J connectivity index is 1.44. The van der Waals surface area contributed by atoms with Gasteiger partial charge in [0.2, 0.25) is 0 Å². The van der Waals surface area contributed by atoms with E-state index in [0.29, 0.717) is 18.8 Å². The molecule has 26 heavy (non-hydrogen) atoms. The van der Waals surface area contributed by atoms with Gasteiger partial charge < -0.3 is 14.9 Å². The quantitative estimate of drug-likeness (QED) is 0.674. The lowest BCUT2D eigenvalue weighted by Crippen LogP contribution is -2.44. The maximum Gasteiger partial charge on any atom is 0.191 e. The van der Waals surface area contributed by atoms with E-state index in [4.69, 9.17) is 0 Å². The van der Waals surface area contributed by atoms with Crippen molar-refractivity contribution in [3.05, 3.63) is 71.9 Å². The molecule has 0 aromatic heterocycles. The molecule has 134 valence electrons. The van der Waals surface area contributed by atoms with Gasteiger partial charge in [0, 0.05) is 37.4 Å². The van der Waals surface area contributed by atoms with Gasteiger partial charge in [-0.25, -0.2) is 8.78 Å². The van der Waals surface area contributed by atoms with Crippen LogP contribution in [0.5, 0.6) is 5.75 Å². The van der Waals surface area contributed by atoms with Crippen molar-refractivity contribution in [2.75, 3.05) is 18.0 Å². The number of fused-ring (bicyclic) bond motifs is 2. The van der Waals surface area contributed by atoms with Gasteiger partial charge >= 0.3 is 0 Å². The number of phenolic OH excluding ortho intramolecular Hbond substituents is 1. The fraction of sp³-hybridized carbons (Fsp3) is 0.250. The van der Waals surface area contributed by atoms with Crippen molar-refractivity contribution >= 4 is 11.5 Å². The summed E-state index contributed by atoms with van der Waals surface area (Å²) in [7, 11) is 0. The fourth-order valence-corrected chi connectivity index (χ4v) is 3.82. The summed E-state index contributed by atoms with van der Waals surface area (Å²) in [5, 5.41) is 9.71. The third-order valence-corrected chi connectivity index (χ3v) is 5.09. The first-order valence-corrected chi connectivity index (χ1v) is 8.51. The highest BCUT2D eigenvalue weighted by Crippen LogP contribution is 2.35. The largest absolute Gasteiger partial charge is 0.507 e. The number of anilines is 1. The number of carbonyl (C=O) groups excluding carboxylic acids is 1. The third-order valence-electron chi connectivity index (χ3n) is 5.09. The number of phenols is 1. The van der Waals surface area contributed by atoms with Crippen LogP contribution < -0.4 is 4.90 Å². The van der Waals surface area contributed by atoms with Crippen LogP contribution in [0.2, 0.25) is 0 Å². The molecular formula is C20H18F2N2O2. The molecule has 1 N–H and O–H groups in total. The van der Waals surface area contributed by atoms with E-state index in [2.05, 4.69) is 9.80 Å². The van der Waals surface area contributed by atoms with Gasteiger partial charge in [-0.1, -0.05) is 12.1 Å². The molecule has 4 nitrogen and oxygen atoms in total. The summed E-state index contributed by atoms with van der Waals surface area (Å²) in [5.74, 6) is -1.48. The summed E-state index contributed by atoms with van der Waals surface area (Å²) >= 11 is 0. The summed E-state index contributed by atoms with van der Waals surface area (Å²) in [6.07, 6.45) is 3.94. The Hall–Kier alpha value is -2.89. The first-order valence-electron chi connectivity index (χ1n) is 8.51. The first-order chi connectivity index (χ1) is 12.5.